The van der Waals surface area contributed by atoms with Gasteiger partial charge >= 0.3 is 0 Å². The van der Waals surface area contributed by atoms with Crippen LogP contribution in [-0.4, -0.2) is 15.0 Å². The van der Waals surface area contributed by atoms with Gasteiger partial charge in [0.1, 0.15) is 14.9 Å². The molecule has 0 fully saturated rings. The van der Waals surface area contributed by atoms with Gasteiger partial charge in [-0.15, -0.1) is 11.3 Å². The molecule has 0 atom stereocenters. The third kappa shape index (κ3) is 3.20. The standard InChI is InChI=1S/C15H14ClN3S2/c1-4-10-7-11-13(20-10)18-15(16)19-14(11)21-12-6-8(2)5-9(3)17-12/h5-7H,4H2,1-3H3. The Morgan fingerprint density at radius 1 is 1.14 bits per heavy atom. The molecule has 3 nitrogen and oxygen atoms in total. The molecule has 0 aromatic carbocycles. The van der Waals surface area contributed by atoms with Crippen molar-refractivity contribution in [2.24, 2.45) is 0 Å². The van der Waals surface area contributed by atoms with Gasteiger partial charge in [-0.3, -0.25) is 0 Å². The summed E-state index contributed by atoms with van der Waals surface area (Å²) in [4.78, 5) is 15.5. The maximum Gasteiger partial charge on any atom is 0.224 e. The van der Waals surface area contributed by atoms with E-state index in [1.54, 1.807) is 23.1 Å². The Hall–Kier alpha value is -1.17. The van der Waals surface area contributed by atoms with Gasteiger partial charge in [0.15, 0.2) is 0 Å². The average Bonchev–Trinajstić information content (AvgIpc) is 2.80. The Bertz CT molecular complexity index is 794. The topological polar surface area (TPSA) is 38.7 Å². The Morgan fingerprint density at radius 2 is 1.95 bits per heavy atom. The largest absolute Gasteiger partial charge is 0.246 e. The molecule has 0 unspecified atom stereocenters. The second-order valence-corrected chi connectivity index (χ2v) is 7.27. The highest BCUT2D eigenvalue weighted by molar-refractivity contribution is 7.99. The van der Waals surface area contributed by atoms with Crippen molar-refractivity contribution in [1.29, 1.82) is 0 Å². The number of hydrogen-bond acceptors (Lipinski definition) is 5. The van der Waals surface area contributed by atoms with Crippen molar-refractivity contribution < 1.29 is 0 Å². The first-order valence-corrected chi connectivity index (χ1v) is 8.65. The quantitative estimate of drug-likeness (QED) is 0.494. The summed E-state index contributed by atoms with van der Waals surface area (Å²) in [5.74, 6) is 0. The van der Waals surface area contributed by atoms with E-state index < -0.39 is 0 Å². The summed E-state index contributed by atoms with van der Waals surface area (Å²) < 4.78 is 0. The van der Waals surface area contributed by atoms with Gasteiger partial charge in [0, 0.05) is 16.0 Å². The molecule has 108 valence electrons. The molecule has 0 radical (unpaired) electrons. The fourth-order valence-electron chi connectivity index (χ4n) is 2.13. The predicted molar refractivity (Wildman–Crippen MR) is 89.6 cm³/mol. The molecule has 0 aliphatic heterocycles. The third-order valence-electron chi connectivity index (χ3n) is 3.01. The Morgan fingerprint density at radius 3 is 2.67 bits per heavy atom. The number of aryl methyl sites for hydroxylation is 3. The molecule has 3 heterocycles. The Kier molecular flexibility index (Phi) is 4.15. The lowest BCUT2D eigenvalue weighted by Gasteiger charge is -2.04. The molecule has 0 aliphatic carbocycles. The van der Waals surface area contributed by atoms with Crippen molar-refractivity contribution in [3.8, 4) is 0 Å². The van der Waals surface area contributed by atoms with Gasteiger partial charge in [-0.25, -0.2) is 15.0 Å². The van der Waals surface area contributed by atoms with Crippen LogP contribution in [0.5, 0.6) is 0 Å². The summed E-state index contributed by atoms with van der Waals surface area (Å²) in [7, 11) is 0. The number of nitrogens with zero attached hydrogens (tertiary/aromatic N) is 3. The van der Waals surface area contributed by atoms with E-state index in [0.29, 0.717) is 5.28 Å². The summed E-state index contributed by atoms with van der Waals surface area (Å²) in [6.45, 7) is 6.21. The summed E-state index contributed by atoms with van der Waals surface area (Å²) in [5, 5.41) is 3.16. The van der Waals surface area contributed by atoms with Crippen LogP contribution >= 0.6 is 34.7 Å². The number of aromatic nitrogens is 3. The monoisotopic (exact) mass is 335 g/mol. The lowest BCUT2D eigenvalue weighted by Crippen LogP contribution is -1.90. The number of thiophene rings is 1. The minimum absolute atomic E-state index is 0.291. The van der Waals surface area contributed by atoms with Crippen molar-refractivity contribution in [2.45, 2.75) is 37.2 Å². The molecule has 0 amide bonds. The zero-order chi connectivity index (χ0) is 15.0. The van der Waals surface area contributed by atoms with Crippen LogP contribution in [0.1, 0.15) is 23.1 Å². The van der Waals surface area contributed by atoms with Crippen LogP contribution in [0.4, 0.5) is 0 Å². The first-order valence-electron chi connectivity index (χ1n) is 6.64. The van der Waals surface area contributed by atoms with Gasteiger partial charge in [0.05, 0.1) is 0 Å². The van der Waals surface area contributed by atoms with Crippen LogP contribution in [0.2, 0.25) is 5.28 Å². The fraction of sp³-hybridized carbons (Fsp3) is 0.267. The lowest BCUT2D eigenvalue weighted by atomic mass is 10.3. The van der Waals surface area contributed by atoms with Crippen LogP contribution in [0.3, 0.4) is 0 Å². The molecule has 0 N–H and O–H groups in total. The van der Waals surface area contributed by atoms with Gasteiger partial charge in [-0.2, -0.15) is 0 Å². The van der Waals surface area contributed by atoms with Gasteiger partial charge in [-0.1, -0.05) is 6.92 Å². The van der Waals surface area contributed by atoms with Crippen molar-refractivity contribution in [2.75, 3.05) is 0 Å². The van der Waals surface area contributed by atoms with Gasteiger partial charge in [0.25, 0.3) is 0 Å². The highest BCUT2D eigenvalue weighted by atomic mass is 35.5. The minimum Gasteiger partial charge on any atom is -0.246 e. The molecule has 0 saturated heterocycles. The molecular weight excluding hydrogens is 322 g/mol. The maximum atomic E-state index is 6.06. The molecule has 21 heavy (non-hydrogen) atoms. The van der Waals surface area contributed by atoms with Crippen LogP contribution < -0.4 is 0 Å². The van der Waals surface area contributed by atoms with Gasteiger partial charge in [-0.05, 0) is 67.4 Å². The number of fused-ring (bicyclic) bond motifs is 1. The highest BCUT2D eigenvalue weighted by Gasteiger charge is 2.13. The molecule has 0 bridgehead atoms. The smallest absolute Gasteiger partial charge is 0.224 e. The third-order valence-corrected chi connectivity index (χ3v) is 5.27. The zero-order valence-electron chi connectivity index (χ0n) is 12.0. The maximum absolute atomic E-state index is 6.06. The van der Waals surface area contributed by atoms with E-state index >= 15 is 0 Å². The lowest BCUT2D eigenvalue weighted by molar-refractivity contribution is 1.03. The summed E-state index contributed by atoms with van der Waals surface area (Å²) in [6, 6.07) is 6.28. The summed E-state index contributed by atoms with van der Waals surface area (Å²) in [6.07, 6.45) is 0.991. The van der Waals surface area contributed by atoms with Crippen LogP contribution in [0.15, 0.2) is 28.3 Å². The van der Waals surface area contributed by atoms with Crippen LogP contribution in [-0.2, 0) is 6.42 Å². The number of hydrogen-bond donors (Lipinski definition) is 0. The second-order valence-electron chi connectivity index (χ2n) is 4.81. The zero-order valence-corrected chi connectivity index (χ0v) is 14.4. The molecule has 3 aromatic heterocycles. The number of rotatable bonds is 3. The van der Waals surface area contributed by atoms with E-state index in [9.17, 15) is 0 Å². The molecule has 0 spiro atoms. The van der Waals surface area contributed by atoms with Crippen molar-refractivity contribution in [3.05, 3.63) is 39.6 Å². The summed E-state index contributed by atoms with van der Waals surface area (Å²) in [5.41, 5.74) is 2.20. The molecule has 3 rings (SSSR count). The van der Waals surface area contributed by atoms with Crippen molar-refractivity contribution >= 4 is 44.9 Å². The fourth-order valence-corrected chi connectivity index (χ4v) is 4.46. The predicted octanol–water partition coefficient (Wildman–Crippen LogP) is 5.07. The van der Waals surface area contributed by atoms with E-state index in [1.165, 1.54) is 10.4 Å². The number of halogens is 1. The van der Waals surface area contributed by atoms with E-state index in [1.807, 2.05) is 6.92 Å². The first kappa shape index (κ1) is 14.8. The van der Waals surface area contributed by atoms with Gasteiger partial charge < -0.3 is 0 Å². The molecular formula is C15H14ClN3S2. The van der Waals surface area contributed by atoms with Crippen LogP contribution in [0.25, 0.3) is 10.2 Å². The van der Waals surface area contributed by atoms with E-state index in [4.69, 9.17) is 11.6 Å². The molecule has 3 aromatic rings. The van der Waals surface area contributed by atoms with E-state index in [2.05, 4.69) is 47.0 Å². The first-order chi connectivity index (χ1) is 10.0. The normalized spacial score (nSPS) is 11.2. The van der Waals surface area contributed by atoms with Gasteiger partial charge in [0.2, 0.25) is 5.28 Å². The molecule has 0 aliphatic rings. The van der Waals surface area contributed by atoms with E-state index in [0.717, 1.165) is 32.4 Å². The Balaban J connectivity index is 2.08. The average molecular weight is 336 g/mol. The number of pyridine rings is 1. The SMILES string of the molecule is CCc1cc2c(Sc3cc(C)cc(C)n3)nc(Cl)nc2s1. The van der Waals surface area contributed by atoms with E-state index in [-0.39, 0.29) is 0 Å². The summed E-state index contributed by atoms with van der Waals surface area (Å²) >= 11 is 9.27. The Labute approximate surface area is 136 Å². The molecule has 0 saturated carbocycles. The van der Waals surface area contributed by atoms with Crippen LogP contribution in [0, 0.1) is 13.8 Å². The van der Waals surface area contributed by atoms with Crippen molar-refractivity contribution in [1.82, 2.24) is 15.0 Å². The minimum atomic E-state index is 0.291. The second kappa shape index (κ2) is 5.91. The molecule has 6 heteroatoms. The highest BCUT2D eigenvalue weighted by Crippen LogP contribution is 2.35. The van der Waals surface area contributed by atoms with Crippen molar-refractivity contribution in [3.63, 3.8) is 0 Å².